The van der Waals surface area contributed by atoms with Gasteiger partial charge >= 0.3 is 0 Å². The fourth-order valence-corrected chi connectivity index (χ4v) is 3.51. The minimum absolute atomic E-state index is 0.0884. The van der Waals surface area contributed by atoms with Crippen LogP contribution in [0, 0.1) is 0 Å². The lowest BCUT2D eigenvalue weighted by Gasteiger charge is -2.10. The second-order valence-corrected chi connectivity index (χ2v) is 6.36. The van der Waals surface area contributed by atoms with E-state index in [9.17, 15) is 9.59 Å². The molecule has 0 aliphatic heterocycles. The molecular formula is C21H18N2O2. The number of primary amides is 1. The van der Waals surface area contributed by atoms with Crippen molar-refractivity contribution in [2.24, 2.45) is 5.73 Å². The lowest BCUT2D eigenvalue weighted by Crippen LogP contribution is -2.23. The maximum atomic E-state index is 12.7. The summed E-state index contributed by atoms with van der Waals surface area (Å²) >= 11 is 0. The Kier molecular flexibility index (Phi) is 3.73. The lowest BCUT2D eigenvalue weighted by molar-refractivity contribution is 0.0951. The van der Waals surface area contributed by atoms with E-state index < -0.39 is 5.91 Å². The van der Waals surface area contributed by atoms with Crippen LogP contribution in [0.4, 0.5) is 0 Å². The number of hydrogen-bond acceptors (Lipinski definition) is 2. The third-order valence-corrected chi connectivity index (χ3v) is 4.81. The normalized spacial score (nSPS) is 12.3. The number of hydrogen-bond donors (Lipinski definition) is 2. The highest BCUT2D eigenvalue weighted by atomic mass is 16.2. The van der Waals surface area contributed by atoms with E-state index in [1.54, 1.807) is 24.3 Å². The summed E-state index contributed by atoms with van der Waals surface area (Å²) in [6.07, 6.45) is 2.09. The molecule has 0 fully saturated rings. The van der Waals surface area contributed by atoms with Crippen molar-refractivity contribution in [3.05, 3.63) is 82.4 Å². The molecule has 0 unspecified atom stereocenters. The van der Waals surface area contributed by atoms with E-state index in [1.807, 2.05) is 18.2 Å². The molecule has 25 heavy (non-hydrogen) atoms. The van der Waals surface area contributed by atoms with Gasteiger partial charge in [-0.15, -0.1) is 0 Å². The van der Waals surface area contributed by atoms with Gasteiger partial charge < -0.3 is 11.1 Å². The molecule has 0 bridgehead atoms. The predicted octanol–water partition coefficient (Wildman–Crippen LogP) is 2.97. The molecule has 0 heterocycles. The monoisotopic (exact) mass is 330 g/mol. The molecule has 1 aliphatic rings. The van der Waals surface area contributed by atoms with Gasteiger partial charge in [0.05, 0.1) is 0 Å². The van der Waals surface area contributed by atoms with E-state index in [4.69, 9.17) is 5.73 Å². The molecule has 3 aromatic carbocycles. The molecule has 0 spiro atoms. The van der Waals surface area contributed by atoms with Gasteiger partial charge in [0.25, 0.3) is 5.91 Å². The molecule has 3 N–H and O–H groups in total. The molecule has 124 valence electrons. The number of rotatable bonds is 4. The van der Waals surface area contributed by atoms with Crippen molar-refractivity contribution in [2.45, 2.75) is 19.4 Å². The summed E-state index contributed by atoms with van der Waals surface area (Å²) in [6, 6.07) is 17.1. The van der Waals surface area contributed by atoms with E-state index in [0.29, 0.717) is 17.7 Å². The van der Waals surface area contributed by atoms with Crippen LogP contribution < -0.4 is 11.1 Å². The van der Waals surface area contributed by atoms with Crippen molar-refractivity contribution in [3.8, 4) is 0 Å². The van der Waals surface area contributed by atoms with Crippen molar-refractivity contribution >= 4 is 22.6 Å². The predicted molar refractivity (Wildman–Crippen MR) is 97.5 cm³/mol. The first-order valence-electron chi connectivity index (χ1n) is 8.34. The van der Waals surface area contributed by atoms with Gasteiger partial charge in [0, 0.05) is 17.7 Å². The number of nitrogens with one attached hydrogen (secondary N) is 1. The Morgan fingerprint density at radius 2 is 1.64 bits per heavy atom. The van der Waals surface area contributed by atoms with Crippen LogP contribution in [0.5, 0.6) is 0 Å². The first-order valence-corrected chi connectivity index (χ1v) is 8.34. The highest BCUT2D eigenvalue weighted by Gasteiger charge is 2.18. The summed E-state index contributed by atoms with van der Waals surface area (Å²) in [7, 11) is 0. The third kappa shape index (κ3) is 2.76. The van der Waals surface area contributed by atoms with Crippen molar-refractivity contribution in [1.82, 2.24) is 5.32 Å². The second kappa shape index (κ2) is 6.06. The molecule has 3 aromatic rings. The number of benzene rings is 3. The molecule has 4 rings (SSSR count). The quantitative estimate of drug-likeness (QED) is 0.772. The summed E-state index contributed by atoms with van der Waals surface area (Å²) in [5.74, 6) is -0.543. The van der Waals surface area contributed by atoms with Gasteiger partial charge in [0.15, 0.2) is 0 Å². The van der Waals surface area contributed by atoms with Gasteiger partial charge in [-0.05, 0) is 58.5 Å². The molecule has 0 aromatic heterocycles. The van der Waals surface area contributed by atoms with Crippen LogP contribution in [0.1, 0.15) is 37.4 Å². The van der Waals surface area contributed by atoms with Gasteiger partial charge in [0.2, 0.25) is 5.91 Å². The Bertz CT molecular complexity index is 980. The smallest absolute Gasteiger partial charge is 0.252 e. The van der Waals surface area contributed by atoms with E-state index in [0.717, 1.165) is 23.8 Å². The summed E-state index contributed by atoms with van der Waals surface area (Å²) in [4.78, 5) is 23.8. The zero-order chi connectivity index (χ0) is 17.4. The average molecular weight is 330 g/mol. The first kappa shape index (κ1) is 15.4. The Morgan fingerprint density at radius 3 is 2.36 bits per heavy atom. The van der Waals surface area contributed by atoms with E-state index in [1.165, 1.54) is 16.5 Å². The largest absolute Gasteiger partial charge is 0.366 e. The summed E-state index contributed by atoms with van der Waals surface area (Å²) in [5.41, 5.74) is 9.97. The molecule has 1 aliphatic carbocycles. The molecule has 0 atom stereocenters. The number of carbonyl (C=O) groups is 2. The van der Waals surface area contributed by atoms with Crippen LogP contribution in [0.25, 0.3) is 10.8 Å². The number of nitrogens with two attached hydrogens (primary N) is 1. The first-order chi connectivity index (χ1) is 12.1. The second-order valence-electron chi connectivity index (χ2n) is 6.36. The van der Waals surface area contributed by atoms with E-state index in [-0.39, 0.29) is 5.91 Å². The number of aryl methyl sites for hydroxylation is 2. The Labute approximate surface area is 145 Å². The molecule has 0 radical (unpaired) electrons. The third-order valence-electron chi connectivity index (χ3n) is 4.81. The molecular weight excluding hydrogens is 312 g/mol. The molecule has 4 heteroatoms. The van der Waals surface area contributed by atoms with Crippen molar-refractivity contribution < 1.29 is 9.59 Å². The van der Waals surface area contributed by atoms with Gasteiger partial charge in [0.1, 0.15) is 0 Å². The van der Waals surface area contributed by atoms with Gasteiger partial charge in [-0.3, -0.25) is 9.59 Å². The topological polar surface area (TPSA) is 72.2 Å². The van der Waals surface area contributed by atoms with Crippen LogP contribution in [0.2, 0.25) is 0 Å². The van der Waals surface area contributed by atoms with E-state index in [2.05, 4.69) is 17.4 Å². The lowest BCUT2D eigenvalue weighted by atomic mass is 9.99. The molecule has 2 amide bonds. The molecule has 4 nitrogen and oxygen atoms in total. The Morgan fingerprint density at radius 1 is 0.920 bits per heavy atom. The maximum Gasteiger partial charge on any atom is 0.252 e. The van der Waals surface area contributed by atoms with Crippen LogP contribution in [-0.4, -0.2) is 11.8 Å². The van der Waals surface area contributed by atoms with Crippen LogP contribution >= 0.6 is 0 Å². The summed E-state index contributed by atoms with van der Waals surface area (Å²) < 4.78 is 0. The SMILES string of the molecule is NC(=O)c1ccc(CNC(=O)c2ccc3c4c(cccc24)CC3)cc1. The molecule has 0 saturated carbocycles. The highest BCUT2D eigenvalue weighted by Crippen LogP contribution is 2.32. The van der Waals surface area contributed by atoms with E-state index >= 15 is 0 Å². The van der Waals surface area contributed by atoms with Crippen LogP contribution in [0.3, 0.4) is 0 Å². The number of carbonyl (C=O) groups excluding carboxylic acids is 2. The minimum Gasteiger partial charge on any atom is -0.366 e. The van der Waals surface area contributed by atoms with Crippen molar-refractivity contribution in [2.75, 3.05) is 0 Å². The fraction of sp³-hybridized carbons (Fsp3) is 0.143. The maximum absolute atomic E-state index is 12.7. The van der Waals surface area contributed by atoms with Crippen molar-refractivity contribution in [1.29, 1.82) is 0 Å². The minimum atomic E-state index is -0.455. The van der Waals surface area contributed by atoms with Gasteiger partial charge in [-0.1, -0.05) is 36.4 Å². The Hall–Kier alpha value is -3.14. The fourth-order valence-electron chi connectivity index (χ4n) is 3.51. The molecule has 0 saturated heterocycles. The average Bonchev–Trinajstić information content (AvgIpc) is 3.05. The van der Waals surface area contributed by atoms with Gasteiger partial charge in [-0.25, -0.2) is 0 Å². The Balaban J connectivity index is 1.56. The highest BCUT2D eigenvalue weighted by molar-refractivity contribution is 6.09. The standard InChI is InChI=1S/C21H18N2O2/c22-20(24)16-6-4-13(5-7-16)12-23-21(25)18-11-10-15-9-8-14-2-1-3-17(18)19(14)15/h1-7,10-11H,8-9,12H2,(H2,22,24)(H,23,25). The van der Waals surface area contributed by atoms with Gasteiger partial charge in [-0.2, -0.15) is 0 Å². The van der Waals surface area contributed by atoms with Crippen LogP contribution in [0.15, 0.2) is 54.6 Å². The zero-order valence-corrected chi connectivity index (χ0v) is 13.7. The summed E-state index contributed by atoms with van der Waals surface area (Å²) in [5, 5.41) is 5.22. The zero-order valence-electron chi connectivity index (χ0n) is 13.7. The summed E-state index contributed by atoms with van der Waals surface area (Å²) in [6.45, 7) is 0.404. The van der Waals surface area contributed by atoms with Crippen molar-refractivity contribution in [3.63, 3.8) is 0 Å². The number of amides is 2. The van der Waals surface area contributed by atoms with Crippen LogP contribution in [-0.2, 0) is 19.4 Å².